The lowest BCUT2D eigenvalue weighted by Crippen LogP contribution is -2.51. The van der Waals surface area contributed by atoms with E-state index in [1.54, 1.807) is 0 Å². The normalized spacial score (nSPS) is 16.2. The van der Waals surface area contributed by atoms with Gasteiger partial charge in [0.25, 0.3) is 0 Å². The van der Waals surface area contributed by atoms with E-state index in [4.69, 9.17) is 0 Å². The monoisotopic (exact) mass is 904 g/mol. The van der Waals surface area contributed by atoms with Crippen molar-refractivity contribution in [3.63, 3.8) is 0 Å². The molecule has 0 spiro atoms. The molecule has 0 unspecified atom stereocenters. The molecule has 6 aromatic rings. The van der Waals surface area contributed by atoms with Crippen LogP contribution in [-0.4, -0.2) is 127 Å². The molecule has 1 aliphatic rings. The number of aromatic nitrogens is 1. The van der Waals surface area contributed by atoms with Crippen molar-refractivity contribution in [1.82, 2.24) is 45.9 Å². The SMILES string of the molecule is C[C@@H](NC(=O)CN1CCN(CC(=O)NCc2ccc3ncc4ccccc4c3c2)CCN(CC(=O)N[C@H](C)c2ccccc2)CCN(CC(=O)N[C@H](C)c2ccccc2)CC1)c1ccccc1. The van der Waals surface area contributed by atoms with Gasteiger partial charge >= 0.3 is 0 Å². The minimum atomic E-state index is -0.176. The van der Waals surface area contributed by atoms with Crippen molar-refractivity contribution < 1.29 is 19.2 Å². The van der Waals surface area contributed by atoms with Gasteiger partial charge in [0.2, 0.25) is 23.6 Å². The maximum atomic E-state index is 13.8. The van der Waals surface area contributed by atoms with Crippen LogP contribution < -0.4 is 21.3 Å². The number of carbonyl (C=O) groups is 4. The van der Waals surface area contributed by atoms with Crippen molar-refractivity contribution in [1.29, 1.82) is 0 Å². The number of rotatable bonds is 16. The van der Waals surface area contributed by atoms with Crippen molar-refractivity contribution in [3.05, 3.63) is 162 Å². The summed E-state index contributed by atoms with van der Waals surface area (Å²) in [5, 5.41) is 15.9. The molecule has 4 amide bonds. The Labute approximate surface area is 394 Å². The number of carbonyl (C=O) groups excluding carboxylic acids is 4. The molecule has 0 radical (unpaired) electrons. The molecule has 13 heteroatoms. The van der Waals surface area contributed by atoms with Gasteiger partial charge in [-0.25, -0.2) is 0 Å². The number of fused-ring (bicyclic) bond motifs is 3. The van der Waals surface area contributed by atoms with Crippen LogP contribution in [0, 0.1) is 0 Å². The fourth-order valence-corrected chi connectivity index (χ4v) is 8.63. The lowest BCUT2D eigenvalue weighted by molar-refractivity contribution is -0.125. The van der Waals surface area contributed by atoms with Crippen LogP contribution in [0.15, 0.2) is 140 Å². The molecule has 1 saturated heterocycles. The second-order valence-corrected chi connectivity index (χ2v) is 17.7. The summed E-state index contributed by atoms with van der Waals surface area (Å²) in [5.74, 6) is -0.425. The van der Waals surface area contributed by atoms with Crippen LogP contribution in [0.4, 0.5) is 0 Å². The summed E-state index contributed by atoms with van der Waals surface area (Å²) in [6.07, 6.45) is 1.89. The number of nitrogens with zero attached hydrogens (tertiary/aromatic N) is 5. The molecule has 1 fully saturated rings. The van der Waals surface area contributed by atoms with Crippen LogP contribution in [0.1, 0.15) is 61.2 Å². The molecule has 7 rings (SSSR count). The van der Waals surface area contributed by atoms with E-state index in [0.29, 0.717) is 58.9 Å². The van der Waals surface area contributed by atoms with Gasteiger partial charge in [-0.15, -0.1) is 0 Å². The molecule has 13 nitrogen and oxygen atoms in total. The Bertz CT molecular complexity index is 2470. The third-order valence-corrected chi connectivity index (χ3v) is 12.6. The van der Waals surface area contributed by atoms with Gasteiger partial charge in [-0.05, 0) is 60.5 Å². The van der Waals surface area contributed by atoms with Crippen molar-refractivity contribution in [2.45, 2.75) is 45.4 Å². The Morgan fingerprint density at radius 3 is 1.25 bits per heavy atom. The lowest BCUT2D eigenvalue weighted by atomic mass is 10.0. The Balaban J connectivity index is 1.06. The zero-order valence-corrected chi connectivity index (χ0v) is 39.1. The van der Waals surface area contributed by atoms with Crippen LogP contribution in [0.25, 0.3) is 21.7 Å². The van der Waals surface area contributed by atoms with E-state index in [-0.39, 0.29) is 67.9 Å². The number of benzene rings is 5. The topological polar surface area (TPSA) is 142 Å². The van der Waals surface area contributed by atoms with Crippen LogP contribution in [0.2, 0.25) is 0 Å². The number of hydrogen-bond donors (Lipinski definition) is 4. The summed E-state index contributed by atoms with van der Waals surface area (Å²) in [5.41, 5.74) is 4.93. The molecular weight excluding hydrogens is 839 g/mol. The van der Waals surface area contributed by atoms with E-state index in [1.807, 2.05) is 148 Å². The highest BCUT2D eigenvalue weighted by molar-refractivity contribution is 6.05. The van der Waals surface area contributed by atoms with Gasteiger partial charge in [-0.1, -0.05) is 121 Å². The molecule has 3 atom stereocenters. The average Bonchev–Trinajstić information content (AvgIpc) is 3.34. The summed E-state index contributed by atoms with van der Waals surface area (Å²) >= 11 is 0. The van der Waals surface area contributed by atoms with Crippen molar-refractivity contribution >= 4 is 45.3 Å². The van der Waals surface area contributed by atoms with Crippen LogP contribution in [0.3, 0.4) is 0 Å². The second kappa shape index (κ2) is 24.3. The molecule has 350 valence electrons. The highest BCUT2D eigenvalue weighted by Gasteiger charge is 2.23. The standard InChI is InChI=1S/C54H65N9O4/c1-40(44-15-7-4-8-16-44)57-52(65)37-61-27-25-60(36-51(64)56-34-43-23-24-50-49(33-43)48-22-14-13-21-47(48)35-55-50)26-28-62(38-53(66)58-41(2)45-17-9-5-10-18-45)30-32-63(31-29-61)39-54(67)59-42(3)46-19-11-6-12-20-46/h4-24,33,35,40-42H,25-32,34,36-39H2,1-3H3,(H,56,64)(H,57,65)(H,58,66)(H,59,67)/t40-,41-,42-/m1/s1. The van der Waals surface area contributed by atoms with Crippen molar-refractivity contribution in [2.24, 2.45) is 0 Å². The fourth-order valence-electron chi connectivity index (χ4n) is 8.63. The molecule has 1 aromatic heterocycles. The average molecular weight is 904 g/mol. The van der Waals surface area contributed by atoms with Gasteiger partial charge < -0.3 is 21.3 Å². The minimum Gasteiger partial charge on any atom is -0.351 e. The first-order valence-electron chi connectivity index (χ1n) is 23.5. The van der Waals surface area contributed by atoms with Gasteiger partial charge in [-0.2, -0.15) is 0 Å². The molecule has 0 bridgehead atoms. The lowest BCUT2D eigenvalue weighted by Gasteiger charge is -2.34. The second-order valence-electron chi connectivity index (χ2n) is 17.7. The van der Waals surface area contributed by atoms with Crippen LogP contribution >= 0.6 is 0 Å². The summed E-state index contributed by atoms with van der Waals surface area (Å²) in [6, 6.07) is 43.4. The Kier molecular flexibility index (Phi) is 17.6. The largest absolute Gasteiger partial charge is 0.351 e. The van der Waals surface area contributed by atoms with E-state index in [9.17, 15) is 19.2 Å². The molecular formula is C54H65N9O4. The van der Waals surface area contributed by atoms with Crippen molar-refractivity contribution in [3.8, 4) is 0 Å². The quantitative estimate of drug-likeness (QED) is 0.0880. The number of nitrogens with one attached hydrogen (secondary N) is 4. The third kappa shape index (κ3) is 14.7. The first-order chi connectivity index (χ1) is 32.6. The zero-order valence-electron chi connectivity index (χ0n) is 39.1. The minimum absolute atomic E-state index is 0.101. The van der Waals surface area contributed by atoms with Gasteiger partial charge in [0.05, 0.1) is 49.8 Å². The predicted octanol–water partition coefficient (Wildman–Crippen LogP) is 5.86. The molecule has 2 heterocycles. The van der Waals surface area contributed by atoms with E-state index in [0.717, 1.165) is 43.9 Å². The molecule has 1 aliphatic heterocycles. The number of amides is 4. The maximum absolute atomic E-state index is 13.8. The first-order valence-corrected chi connectivity index (χ1v) is 23.5. The molecule has 5 aromatic carbocycles. The number of pyridine rings is 1. The van der Waals surface area contributed by atoms with Crippen molar-refractivity contribution in [2.75, 3.05) is 78.5 Å². The first kappa shape index (κ1) is 48.4. The van der Waals surface area contributed by atoms with Gasteiger partial charge in [0.15, 0.2) is 0 Å². The van der Waals surface area contributed by atoms with Gasteiger partial charge in [0.1, 0.15) is 0 Å². The van der Waals surface area contributed by atoms with E-state index in [1.165, 1.54) is 0 Å². The molecule has 67 heavy (non-hydrogen) atoms. The summed E-state index contributed by atoms with van der Waals surface area (Å²) in [6.45, 7) is 10.9. The highest BCUT2D eigenvalue weighted by Crippen LogP contribution is 2.24. The molecule has 0 saturated carbocycles. The Hall–Kier alpha value is -6.51. The van der Waals surface area contributed by atoms with Crippen LogP contribution in [0.5, 0.6) is 0 Å². The highest BCUT2D eigenvalue weighted by atomic mass is 16.2. The Morgan fingerprint density at radius 1 is 0.463 bits per heavy atom. The third-order valence-electron chi connectivity index (χ3n) is 12.6. The number of hydrogen-bond acceptors (Lipinski definition) is 9. The van der Waals surface area contributed by atoms with Gasteiger partial charge in [0, 0.05) is 75.9 Å². The smallest absolute Gasteiger partial charge is 0.234 e. The maximum Gasteiger partial charge on any atom is 0.234 e. The van der Waals surface area contributed by atoms with Crippen LogP contribution in [-0.2, 0) is 25.7 Å². The predicted molar refractivity (Wildman–Crippen MR) is 266 cm³/mol. The van der Waals surface area contributed by atoms with E-state index in [2.05, 4.69) is 58.0 Å². The fraction of sp³-hybridized carbons (Fsp3) is 0.352. The molecule has 0 aliphatic carbocycles. The summed E-state index contributed by atoms with van der Waals surface area (Å²) < 4.78 is 0. The summed E-state index contributed by atoms with van der Waals surface area (Å²) in [4.78, 5) is 67.9. The van der Waals surface area contributed by atoms with E-state index >= 15 is 0 Å². The molecule has 4 N–H and O–H groups in total. The Morgan fingerprint density at radius 2 is 0.836 bits per heavy atom. The zero-order chi connectivity index (χ0) is 47.0. The van der Waals surface area contributed by atoms with E-state index < -0.39 is 0 Å². The van der Waals surface area contributed by atoms with Gasteiger partial charge in [-0.3, -0.25) is 43.8 Å². The summed E-state index contributed by atoms with van der Waals surface area (Å²) in [7, 11) is 0.